The monoisotopic (exact) mass is 286 g/mol. The first-order valence-electron chi connectivity index (χ1n) is 6.60. The summed E-state index contributed by atoms with van der Waals surface area (Å²) in [6, 6.07) is 1.99. The largest absolute Gasteiger partial charge is 0.379 e. The molecule has 1 aromatic heterocycles. The van der Waals surface area contributed by atoms with E-state index >= 15 is 0 Å². The summed E-state index contributed by atoms with van der Waals surface area (Å²) in [5.41, 5.74) is 2.02. The number of halogens is 1. The molecule has 2 rings (SSSR count). The van der Waals surface area contributed by atoms with Gasteiger partial charge in [0.15, 0.2) is 0 Å². The third-order valence-corrected chi connectivity index (χ3v) is 3.02. The van der Waals surface area contributed by atoms with E-state index in [1.54, 1.807) is 0 Å². The van der Waals surface area contributed by atoms with Gasteiger partial charge in [-0.2, -0.15) is 0 Å². The SMILES string of the molecule is Cc1cc(C)nc(NCCCN2CCOCC2)n1.Cl. The number of ether oxygens (including phenoxy) is 1. The number of rotatable bonds is 5. The lowest BCUT2D eigenvalue weighted by atomic mass is 10.3. The van der Waals surface area contributed by atoms with Gasteiger partial charge in [0.25, 0.3) is 0 Å². The smallest absolute Gasteiger partial charge is 0.223 e. The molecule has 108 valence electrons. The highest BCUT2D eigenvalue weighted by Crippen LogP contribution is 2.04. The van der Waals surface area contributed by atoms with Crippen molar-refractivity contribution in [3.05, 3.63) is 17.5 Å². The van der Waals surface area contributed by atoms with Crippen molar-refractivity contribution in [2.24, 2.45) is 0 Å². The van der Waals surface area contributed by atoms with Crippen LogP contribution in [0.25, 0.3) is 0 Å². The second-order valence-electron chi connectivity index (χ2n) is 4.71. The number of aryl methyl sites for hydroxylation is 2. The van der Waals surface area contributed by atoms with Crippen molar-refractivity contribution in [2.75, 3.05) is 44.7 Å². The Labute approximate surface area is 121 Å². The highest BCUT2D eigenvalue weighted by atomic mass is 35.5. The van der Waals surface area contributed by atoms with E-state index in [4.69, 9.17) is 4.74 Å². The van der Waals surface area contributed by atoms with Crippen LogP contribution in [0.2, 0.25) is 0 Å². The van der Waals surface area contributed by atoms with Crippen molar-refractivity contribution in [2.45, 2.75) is 20.3 Å². The molecule has 1 N–H and O–H groups in total. The number of nitrogens with one attached hydrogen (secondary N) is 1. The predicted octanol–water partition coefficient (Wildman–Crippen LogP) is 1.65. The van der Waals surface area contributed by atoms with Crippen LogP contribution in [-0.4, -0.2) is 54.3 Å². The van der Waals surface area contributed by atoms with Crippen molar-refractivity contribution < 1.29 is 4.74 Å². The Bertz CT molecular complexity index is 363. The van der Waals surface area contributed by atoms with Crippen molar-refractivity contribution in [1.82, 2.24) is 14.9 Å². The summed E-state index contributed by atoms with van der Waals surface area (Å²) in [5, 5.41) is 3.29. The second kappa shape index (κ2) is 8.30. The molecule has 0 spiro atoms. The van der Waals surface area contributed by atoms with Gasteiger partial charge in [-0.1, -0.05) is 0 Å². The molecular weight excluding hydrogens is 264 g/mol. The van der Waals surface area contributed by atoms with Gasteiger partial charge in [0.2, 0.25) is 5.95 Å². The molecule has 0 amide bonds. The Hall–Kier alpha value is -0.910. The molecule has 1 fully saturated rings. The molecule has 0 radical (unpaired) electrons. The number of nitrogens with zero attached hydrogens (tertiary/aromatic N) is 3. The van der Waals surface area contributed by atoms with Crippen molar-refractivity contribution in [3.8, 4) is 0 Å². The van der Waals surface area contributed by atoms with E-state index < -0.39 is 0 Å². The Morgan fingerprint density at radius 1 is 1.21 bits per heavy atom. The summed E-state index contributed by atoms with van der Waals surface area (Å²) in [6.45, 7) is 9.87. The molecule has 1 aliphatic heterocycles. The molecule has 2 heterocycles. The van der Waals surface area contributed by atoms with Crippen LogP contribution in [0.3, 0.4) is 0 Å². The number of hydrogen-bond donors (Lipinski definition) is 1. The minimum absolute atomic E-state index is 0. The van der Waals surface area contributed by atoms with Crippen LogP contribution < -0.4 is 5.32 Å². The summed E-state index contributed by atoms with van der Waals surface area (Å²) in [7, 11) is 0. The normalized spacial score (nSPS) is 15.9. The van der Waals surface area contributed by atoms with E-state index in [0.29, 0.717) is 0 Å². The highest BCUT2D eigenvalue weighted by molar-refractivity contribution is 5.85. The fourth-order valence-electron chi connectivity index (χ4n) is 2.13. The zero-order valence-electron chi connectivity index (χ0n) is 11.7. The Balaban J connectivity index is 0.00000180. The lowest BCUT2D eigenvalue weighted by molar-refractivity contribution is 0.0378. The average Bonchev–Trinajstić information content (AvgIpc) is 2.35. The molecule has 1 aliphatic rings. The van der Waals surface area contributed by atoms with E-state index in [1.807, 2.05) is 19.9 Å². The first-order chi connectivity index (χ1) is 8.74. The van der Waals surface area contributed by atoms with Crippen molar-refractivity contribution in [1.29, 1.82) is 0 Å². The standard InChI is InChI=1S/C13H22N4O.ClH/c1-11-10-12(2)16-13(15-11)14-4-3-5-17-6-8-18-9-7-17;/h10H,3-9H2,1-2H3,(H,14,15,16);1H. The Morgan fingerprint density at radius 3 is 2.47 bits per heavy atom. The molecule has 19 heavy (non-hydrogen) atoms. The first-order valence-corrected chi connectivity index (χ1v) is 6.60. The lowest BCUT2D eigenvalue weighted by Gasteiger charge is -2.26. The van der Waals surface area contributed by atoms with Gasteiger partial charge in [0, 0.05) is 31.0 Å². The van der Waals surface area contributed by atoms with Crippen LogP contribution in [0, 0.1) is 13.8 Å². The summed E-state index contributed by atoms with van der Waals surface area (Å²) in [4.78, 5) is 11.2. The number of hydrogen-bond acceptors (Lipinski definition) is 5. The fourth-order valence-corrected chi connectivity index (χ4v) is 2.13. The maximum atomic E-state index is 5.32. The van der Waals surface area contributed by atoms with Gasteiger partial charge in [-0.05, 0) is 32.9 Å². The molecular formula is C13H23ClN4O. The van der Waals surface area contributed by atoms with Crippen LogP contribution in [0.5, 0.6) is 0 Å². The summed E-state index contributed by atoms with van der Waals surface area (Å²) in [5.74, 6) is 0.745. The molecule has 0 aliphatic carbocycles. The van der Waals surface area contributed by atoms with E-state index in [-0.39, 0.29) is 12.4 Å². The van der Waals surface area contributed by atoms with E-state index in [1.165, 1.54) is 0 Å². The zero-order chi connectivity index (χ0) is 12.8. The maximum absolute atomic E-state index is 5.32. The molecule has 1 aromatic rings. The summed E-state index contributed by atoms with van der Waals surface area (Å²) in [6.07, 6.45) is 1.11. The summed E-state index contributed by atoms with van der Waals surface area (Å²) >= 11 is 0. The van der Waals surface area contributed by atoms with Gasteiger partial charge >= 0.3 is 0 Å². The molecule has 0 saturated carbocycles. The number of aromatic nitrogens is 2. The van der Waals surface area contributed by atoms with E-state index in [9.17, 15) is 0 Å². The van der Waals surface area contributed by atoms with Gasteiger partial charge in [-0.15, -0.1) is 12.4 Å². The van der Waals surface area contributed by atoms with Gasteiger partial charge in [-0.25, -0.2) is 9.97 Å². The van der Waals surface area contributed by atoms with Gasteiger partial charge in [0.05, 0.1) is 13.2 Å². The predicted molar refractivity (Wildman–Crippen MR) is 79.1 cm³/mol. The van der Waals surface area contributed by atoms with Gasteiger partial charge in [0.1, 0.15) is 0 Å². The Kier molecular flexibility index (Phi) is 7.05. The van der Waals surface area contributed by atoms with Crippen LogP contribution in [0.1, 0.15) is 17.8 Å². The highest BCUT2D eigenvalue weighted by Gasteiger charge is 2.09. The minimum Gasteiger partial charge on any atom is -0.379 e. The molecule has 0 atom stereocenters. The summed E-state index contributed by atoms with van der Waals surface area (Å²) < 4.78 is 5.32. The van der Waals surface area contributed by atoms with E-state index in [2.05, 4.69) is 20.2 Å². The molecule has 1 saturated heterocycles. The number of anilines is 1. The van der Waals surface area contributed by atoms with Crippen LogP contribution in [0.15, 0.2) is 6.07 Å². The van der Waals surface area contributed by atoms with Crippen LogP contribution >= 0.6 is 12.4 Å². The number of morpholine rings is 1. The Morgan fingerprint density at radius 2 is 1.84 bits per heavy atom. The fraction of sp³-hybridized carbons (Fsp3) is 0.692. The van der Waals surface area contributed by atoms with Crippen molar-refractivity contribution >= 4 is 18.4 Å². The zero-order valence-corrected chi connectivity index (χ0v) is 12.5. The van der Waals surface area contributed by atoms with Gasteiger partial charge < -0.3 is 10.1 Å². The lowest BCUT2D eigenvalue weighted by Crippen LogP contribution is -2.37. The molecule has 0 bridgehead atoms. The topological polar surface area (TPSA) is 50.3 Å². The van der Waals surface area contributed by atoms with Crippen LogP contribution in [-0.2, 0) is 4.74 Å². The average molecular weight is 287 g/mol. The maximum Gasteiger partial charge on any atom is 0.223 e. The van der Waals surface area contributed by atoms with Crippen LogP contribution in [0.4, 0.5) is 5.95 Å². The quantitative estimate of drug-likeness (QED) is 0.834. The third kappa shape index (κ3) is 5.72. The second-order valence-corrected chi connectivity index (χ2v) is 4.71. The first kappa shape index (κ1) is 16.1. The van der Waals surface area contributed by atoms with Crippen molar-refractivity contribution in [3.63, 3.8) is 0 Å². The minimum atomic E-state index is 0. The van der Waals surface area contributed by atoms with E-state index in [0.717, 1.165) is 63.1 Å². The molecule has 0 aromatic carbocycles. The molecule has 0 unspecified atom stereocenters. The van der Waals surface area contributed by atoms with Gasteiger partial charge in [-0.3, -0.25) is 4.90 Å². The molecule has 6 heteroatoms. The molecule has 5 nitrogen and oxygen atoms in total. The third-order valence-electron chi connectivity index (χ3n) is 3.02.